The molecule has 1 unspecified atom stereocenters. The van der Waals surface area contributed by atoms with E-state index in [-0.39, 0.29) is 43.8 Å². The third kappa shape index (κ3) is 11.0. The lowest BCUT2D eigenvalue weighted by Gasteiger charge is -2.21. The molecule has 10 nitrogen and oxygen atoms in total. The summed E-state index contributed by atoms with van der Waals surface area (Å²) in [5.41, 5.74) is 0. The fraction of sp³-hybridized carbons (Fsp3) is 0.667. The molecule has 26 heavy (non-hydrogen) atoms. The van der Waals surface area contributed by atoms with Crippen LogP contribution < -0.4 is 24.8 Å². The van der Waals surface area contributed by atoms with E-state index in [2.05, 4.69) is 24.8 Å². The number of carbonyl (C=O) groups excluding carboxylic acids is 5. The van der Waals surface area contributed by atoms with Crippen molar-refractivity contribution in [1.29, 1.82) is 0 Å². The summed E-state index contributed by atoms with van der Waals surface area (Å²) in [5.74, 6) is -2.20. The third-order valence-electron chi connectivity index (χ3n) is 3.24. The molecule has 5 N–H and O–H groups in total. The van der Waals surface area contributed by atoms with Gasteiger partial charge in [-0.05, 0) is 5.92 Å². The summed E-state index contributed by atoms with van der Waals surface area (Å²) in [4.78, 5) is 58.1. The van der Waals surface area contributed by atoms with Crippen molar-refractivity contribution < 1.29 is 24.0 Å². The van der Waals surface area contributed by atoms with Gasteiger partial charge in [-0.3, -0.25) is 27.5 Å². The molecule has 0 fully saturated rings. The molecule has 0 aromatic rings. The highest BCUT2D eigenvalue weighted by molar-refractivity contribution is 14.1. The molecule has 0 radical (unpaired) electrons. The molecule has 0 aliphatic heterocycles. The molecule has 0 spiro atoms. The smallest absolute Gasteiger partial charge is 0.243 e. The maximum absolute atomic E-state index is 12.1. The second-order valence-electron chi connectivity index (χ2n) is 5.76. The SMILES string of the molecule is CCC(=O)CNC(=O)C(NC(=O)CNC(=O)CNC(=O)CNI)C(C)C. The van der Waals surface area contributed by atoms with Crippen LogP contribution in [0.1, 0.15) is 27.2 Å². The van der Waals surface area contributed by atoms with Gasteiger partial charge in [-0.15, -0.1) is 0 Å². The normalized spacial score (nSPS) is 11.4. The van der Waals surface area contributed by atoms with E-state index in [9.17, 15) is 24.0 Å². The number of nitrogens with one attached hydrogen (secondary N) is 5. The maximum Gasteiger partial charge on any atom is 0.243 e. The summed E-state index contributed by atoms with van der Waals surface area (Å²) in [6.07, 6.45) is 0.315. The average Bonchev–Trinajstić information content (AvgIpc) is 2.60. The lowest BCUT2D eigenvalue weighted by Crippen LogP contribution is -2.53. The molecular weight excluding hydrogens is 457 g/mol. The second kappa shape index (κ2) is 13.4. The van der Waals surface area contributed by atoms with Crippen LogP contribution in [0.2, 0.25) is 0 Å². The van der Waals surface area contributed by atoms with Crippen LogP contribution in [0, 0.1) is 5.92 Å². The molecule has 0 heterocycles. The van der Waals surface area contributed by atoms with Crippen LogP contribution in [0.4, 0.5) is 0 Å². The van der Waals surface area contributed by atoms with Gasteiger partial charge in [0, 0.05) is 29.3 Å². The maximum atomic E-state index is 12.1. The van der Waals surface area contributed by atoms with Crippen molar-refractivity contribution in [3.05, 3.63) is 0 Å². The number of Topliss-reactive ketones (excluding diaryl/α,β-unsaturated/α-hetero) is 1. The molecule has 1 atom stereocenters. The molecule has 148 valence electrons. The van der Waals surface area contributed by atoms with E-state index in [1.54, 1.807) is 43.6 Å². The number of ketones is 1. The van der Waals surface area contributed by atoms with Gasteiger partial charge in [0.05, 0.1) is 26.2 Å². The fourth-order valence-electron chi connectivity index (χ4n) is 1.72. The summed E-state index contributed by atoms with van der Waals surface area (Å²) in [6, 6.07) is -0.821. The van der Waals surface area contributed by atoms with Gasteiger partial charge < -0.3 is 21.3 Å². The van der Waals surface area contributed by atoms with E-state index >= 15 is 0 Å². The van der Waals surface area contributed by atoms with Gasteiger partial charge in [-0.25, -0.2) is 0 Å². The third-order valence-corrected chi connectivity index (χ3v) is 3.62. The molecular formula is C15H26IN5O5. The molecule has 0 aromatic carbocycles. The van der Waals surface area contributed by atoms with Crippen molar-refractivity contribution in [1.82, 2.24) is 24.8 Å². The van der Waals surface area contributed by atoms with Gasteiger partial charge in [-0.1, -0.05) is 20.8 Å². The average molecular weight is 483 g/mol. The molecule has 0 saturated carbocycles. The Hall–Kier alpha value is -1.76. The molecule has 0 aliphatic carbocycles. The first-order chi connectivity index (χ1) is 12.2. The van der Waals surface area contributed by atoms with E-state index in [4.69, 9.17) is 0 Å². The zero-order chi connectivity index (χ0) is 20.1. The predicted molar refractivity (Wildman–Crippen MR) is 103 cm³/mol. The summed E-state index contributed by atoms with van der Waals surface area (Å²) >= 11 is 1.80. The summed E-state index contributed by atoms with van der Waals surface area (Å²) in [7, 11) is 0. The van der Waals surface area contributed by atoms with E-state index in [1.807, 2.05) is 0 Å². The molecule has 4 amide bonds. The molecule has 0 aliphatic rings. The number of rotatable bonds is 12. The zero-order valence-electron chi connectivity index (χ0n) is 15.1. The van der Waals surface area contributed by atoms with Gasteiger partial charge in [0.15, 0.2) is 5.78 Å². The van der Waals surface area contributed by atoms with Gasteiger partial charge >= 0.3 is 0 Å². The largest absolute Gasteiger partial charge is 0.347 e. The lowest BCUT2D eigenvalue weighted by atomic mass is 10.0. The van der Waals surface area contributed by atoms with Crippen LogP contribution in [0.25, 0.3) is 0 Å². The first-order valence-corrected chi connectivity index (χ1v) is 9.24. The standard InChI is InChI=1S/C15H26IN5O5/c1-4-10(22)5-19-15(26)14(9(2)3)21-13(25)7-18-11(23)6-17-12(24)8-20-16/h9,14,20H,4-8H2,1-3H3,(H,17,24)(H,18,23)(H,19,26)(H,21,25). The molecule has 11 heteroatoms. The zero-order valence-corrected chi connectivity index (χ0v) is 17.3. The van der Waals surface area contributed by atoms with Crippen molar-refractivity contribution in [2.24, 2.45) is 5.92 Å². The Morgan fingerprint density at radius 3 is 1.85 bits per heavy atom. The minimum absolute atomic E-state index is 0.0695. The minimum Gasteiger partial charge on any atom is -0.347 e. The van der Waals surface area contributed by atoms with Gasteiger partial charge in [0.25, 0.3) is 0 Å². The van der Waals surface area contributed by atoms with Gasteiger partial charge in [0.1, 0.15) is 6.04 Å². The van der Waals surface area contributed by atoms with Crippen LogP contribution >= 0.6 is 22.9 Å². The number of halogens is 1. The highest BCUT2D eigenvalue weighted by atomic mass is 127. The molecule has 0 saturated heterocycles. The number of hydrogen-bond donors (Lipinski definition) is 5. The van der Waals surface area contributed by atoms with Crippen LogP contribution in [0.5, 0.6) is 0 Å². The van der Waals surface area contributed by atoms with E-state index in [1.165, 1.54) is 0 Å². The summed E-state index contributed by atoms with van der Waals surface area (Å²) < 4.78 is 2.61. The lowest BCUT2D eigenvalue weighted by molar-refractivity contribution is -0.131. The highest BCUT2D eigenvalue weighted by Gasteiger charge is 2.24. The molecule has 0 aromatic heterocycles. The van der Waals surface area contributed by atoms with Crippen LogP contribution in [-0.4, -0.2) is 61.6 Å². The first kappa shape index (κ1) is 24.2. The summed E-state index contributed by atoms with van der Waals surface area (Å²) in [6.45, 7) is 4.60. The monoisotopic (exact) mass is 483 g/mol. The molecule has 0 rings (SSSR count). The van der Waals surface area contributed by atoms with Crippen molar-refractivity contribution in [3.63, 3.8) is 0 Å². The van der Waals surface area contributed by atoms with Crippen LogP contribution in [-0.2, 0) is 24.0 Å². The Kier molecular flexibility index (Phi) is 12.5. The van der Waals surface area contributed by atoms with Gasteiger partial charge in [0.2, 0.25) is 23.6 Å². The molecule has 0 bridgehead atoms. The quantitative estimate of drug-likeness (QED) is 0.167. The van der Waals surface area contributed by atoms with Crippen molar-refractivity contribution in [2.45, 2.75) is 33.2 Å². The van der Waals surface area contributed by atoms with Crippen molar-refractivity contribution in [3.8, 4) is 0 Å². The predicted octanol–water partition coefficient (Wildman–Crippen LogP) is -1.61. The number of amides is 4. The van der Waals surface area contributed by atoms with E-state index in [0.717, 1.165) is 0 Å². The Morgan fingerprint density at radius 2 is 1.35 bits per heavy atom. The van der Waals surface area contributed by atoms with E-state index in [0.29, 0.717) is 6.42 Å². The Labute approximate surface area is 166 Å². The topological polar surface area (TPSA) is 146 Å². The minimum atomic E-state index is -0.821. The van der Waals surface area contributed by atoms with Crippen molar-refractivity contribution >= 4 is 52.3 Å². The number of hydrogen-bond acceptors (Lipinski definition) is 6. The Morgan fingerprint density at radius 1 is 0.808 bits per heavy atom. The van der Waals surface area contributed by atoms with Crippen LogP contribution in [0.15, 0.2) is 0 Å². The van der Waals surface area contributed by atoms with E-state index < -0.39 is 23.8 Å². The van der Waals surface area contributed by atoms with Gasteiger partial charge in [-0.2, -0.15) is 0 Å². The highest BCUT2D eigenvalue weighted by Crippen LogP contribution is 2.01. The van der Waals surface area contributed by atoms with Crippen molar-refractivity contribution in [2.75, 3.05) is 26.2 Å². The van der Waals surface area contributed by atoms with Crippen LogP contribution in [0.3, 0.4) is 0 Å². The fourth-order valence-corrected chi connectivity index (χ4v) is 2.07. The second-order valence-corrected chi connectivity index (χ2v) is 6.53. The Bertz CT molecular complexity index is 527. The Balaban J connectivity index is 4.33. The first-order valence-electron chi connectivity index (χ1n) is 8.16. The number of carbonyl (C=O) groups is 5. The summed E-state index contributed by atoms with van der Waals surface area (Å²) in [5, 5.41) is 9.73.